The van der Waals surface area contributed by atoms with Gasteiger partial charge in [0.05, 0.1) is 0 Å². The molecule has 2 aromatic carbocycles. The lowest BCUT2D eigenvalue weighted by Gasteiger charge is -2.06. The van der Waals surface area contributed by atoms with E-state index in [-0.39, 0.29) is 11.9 Å². The zero-order valence-corrected chi connectivity index (χ0v) is 14.1. The Bertz CT molecular complexity index is 686. The molecule has 1 amide bonds. The summed E-state index contributed by atoms with van der Waals surface area (Å²) in [5.74, 6) is 0.752. The Balaban J connectivity index is 1.82. The van der Waals surface area contributed by atoms with E-state index in [0.29, 0.717) is 6.61 Å². The number of amides is 1. The van der Waals surface area contributed by atoms with Gasteiger partial charge in [-0.05, 0) is 37.1 Å². The van der Waals surface area contributed by atoms with E-state index in [2.05, 4.69) is 5.32 Å². The first-order valence-electron chi connectivity index (χ1n) is 8.05. The summed E-state index contributed by atoms with van der Waals surface area (Å²) in [6.45, 7) is 4.43. The minimum atomic E-state index is -0.0840. The maximum atomic E-state index is 11.5. The molecule has 0 aliphatic heterocycles. The molecule has 0 unspecified atom stereocenters. The Hall–Kier alpha value is -2.81. The first-order valence-corrected chi connectivity index (χ1v) is 8.05. The third-order valence-corrected chi connectivity index (χ3v) is 3.21. The fourth-order valence-corrected chi connectivity index (χ4v) is 2.06. The number of hydrogen-bond donors (Lipinski definition) is 1. The Morgan fingerprint density at radius 1 is 1.04 bits per heavy atom. The highest BCUT2D eigenvalue weighted by molar-refractivity contribution is 5.88. The van der Waals surface area contributed by atoms with Crippen LogP contribution in [0.4, 0.5) is 0 Å². The van der Waals surface area contributed by atoms with Crippen LogP contribution in [0.15, 0.2) is 72.8 Å². The van der Waals surface area contributed by atoms with Crippen molar-refractivity contribution in [2.24, 2.45) is 0 Å². The van der Waals surface area contributed by atoms with Gasteiger partial charge in [-0.15, -0.1) is 0 Å². The molecule has 0 bridgehead atoms. The molecule has 0 aliphatic carbocycles. The second-order valence-electron chi connectivity index (χ2n) is 5.72. The highest BCUT2D eigenvalue weighted by Crippen LogP contribution is 2.15. The molecule has 124 valence electrons. The van der Waals surface area contributed by atoms with Crippen LogP contribution in [0, 0.1) is 0 Å². The van der Waals surface area contributed by atoms with Crippen LogP contribution in [0.1, 0.15) is 25.0 Å². The Morgan fingerprint density at radius 3 is 2.42 bits per heavy atom. The van der Waals surface area contributed by atoms with Crippen molar-refractivity contribution in [3.05, 3.63) is 84.0 Å². The van der Waals surface area contributed by atoms with Crippen molar-refractivity contribution < 1.29 is 9.53 Å². The minimum absolute atomic E-state index is 0.0840. The van der Waals surface area contributed by atoms with Gasteiger partial charge in [-0.1, -0.05) is 60.7 Å². The summed E-state index contributed by atoms with van der Waals surface area (Å²) in [4.78, 5) is 11.5. The molecule has 0 spiro atoms. The Labute approximate surface area is 143 Å². The van der Waals surface area contributed by atoms with Crippen molar-refractivity contribution in [3.8, 4) is 5.75 Å². The average Bonchev–Trinajstić information content (AvgIpc) is 2.58. The molecule has 2 rings (SSSR count). The number of ether oxygens (including phenoxy) is 1. The predicted molar refractivity (Wildman–Crippen MR) is 98.7 cm³/mol. The average molecular weight is 321 g/mol. The molecule has 24 heavy (non-hydrogen) atoms. The summed E-state index contributed by atoms with van der Waals surface area (Å²) < 4.78 is 5.75. The molecule has 0 fully saturated rings. The summed E-state index contributed by atoms with van der Waals surface area (Å²) in [5.41, 5.74) is 2.20. The van der Waals surface area contributed by atoms with E-state index in [9.17, 15) is 4.79 Å². The van der Waals surface area contributed by atoms with Gasteiger partial charge in [-0.2, -0.15) is 0 Å². The highest BCUT2D eigenvalue weighted by atomic mass is 16.5. The number of carbonyl (C=O) groups excluding carboxylic acids is 1. The van der Waals surface area contributed by atoms with E-state index < -0.39 is 0 Å². The lowest BCUT2D eigenvalue weighted by molar-refractivity contribution is -0.116. The Morgan fingerprint density at radius 2 is 1.75 bits per heavy atom. The fraction of sp³-hybridized carbons (Fsp3) is 0.190. The number of nitrogens with one attached hydrogen (secondary N) is 1. The second kappa shape index (κ2) is 9.36. The summed E-state index contributed by atoms with van der Waals surface area (Å²) in [5, 5.41) is 2.80. The lowest BCUT2D eigenvalue weighted by Crippen LogP contribution is -2.28. The molecule has 0 radical (unpaired) electrons. The van der Waals surface area contributed by atoms with Crippen molar-refractivity contribution in [2.75, 3.05) is 0 Å². The third-order valence-electron chi connectivity index (χ3n) is 3.21. The van der Waals surface area contributed by atoms with Crippen molar-refractivity contribution in [1.82, 2.24) is 5.32 Å². The van der Waals surface area contributed by atoms with Gasteiger partial charge < -0.3 is 10.1 Å². The highest BCUT2D eigenvalue weighted by Gasteiger charge is 1.96. The summed E-state index contributed by atoms with van der Waals surface area (Å²) in [7, 11) is 0. The molecule has 0 saturated carbocycles. The molecule has 0 saturated heterocycles. The molecule has 1 N–H and O–H groups in total. The van der Waals surface area contributed by atoms with Gasteiger partial charge in [0.25, 0.3) is 0 Å². The van der Waals surface area contributed by atoms with Gasteiger partial charge in [0.2, 0.25) is 5.91 Å². The standard InChI is InChI=1S/C21H23NO2/c1-17(2)22-21(23)11-7-6-8-18-12-14-20(15-13-18)24-16-19-9-4-3-5-10-19/h3-15,17H,16H2,1-2H3,(H,22,23)/b8-6+,11-7+. The smallest absolute Gasteiger partial charge is 0.244 e. The van der Waals surface area contributed by atoms with Crippen LogP contribution in [0.25, 0.3) is 6.08 Å². The molecular weight excluding hydrogens is 298 g/mol. The van der Waals surface area contributed by atoms with Crippen LogP contribution < -0.4 is 10.1 Å². The van der Waals surface area contributed by atoms with Crippen LogP contribution in [0.5, 0.6) is 5.75 Å². The van der Waals surface area contributed by atoms with Crippen LogP contribution in [-0.2, 0) is 11.4 Å². The van der Waals surface area contributed by atoms with E-state index in [1.165, 1.54) is 6.08 Å². The zero-order chi connectivity index (χ0) is 17.2. The number of allylic oxidation sites excluding steroid dienone is 2. The van der Waals surface area contributed by atoms with Crippen LogP contribution in [-0.4, -0.2) is 11.9 Å². The lowest BCUT2D eigenvalue weighted by atomic mass is 10.2. The number of carbonyl (C=O) groups is 1. The van der Waals surface area contributed by atoms with E-state index >= 15 is 0 Å². The third kappa shape index (κ3) is 6.53. The monoisotopic (exact) mass is 321 g/mol. The molecule has 3 nitrogen and oxygen atoms in total. The van der Waals surface area contributed by atoms with Gasteiger partial charge in [-0.3, -0.25) is 4.79 Å². The molecule has 3 heteroatoms. The SMILES string of the molecule is CC(C)NC(=O)/C=C/C=C/c1ccc(OCc2ccccc2)cc1. The van der Waals surface area contributed by atoms with Gasteiger partial charge in [0.1, 0.15) is 12.4 Å². The second-order valence-corrected chi connectivity index (χ2v) is 5.72. The van der Waals surface area contributed by atoms with Gasteiger partial charge in [0.15, 0.2) is 0 Å². The molecule has 2 aromatic rings. The maximum absolute atomic E-state index is 11.5. The topological polar surface area (TPSA) is 38.3 Å². The van der Waals surface area contributed by atoms with Crippen molar-refractivity contribution >= 4 is 12.0 Å². The minimum Gasteiger partial charge on any atom is -0.489 e. The molecule has 0 atom stereocenters. The van der Waals surface area contributed by atoms with Gasteiger partial charge >= 0.3 is 0 Å². The van der Waals surface area contributed by atoms with Crippen LogP contribution in [0.2, 0.25) is 0 Å². The van der Waals surface area contributed by atoms with E-state index in [4.69, 9.17) is 4.74 Å². The zero-order valence-electron chi connectivity index (χ0n) is 14.1. The normalized spacial score (nSPS) is 11.3. The Kier molecular flexibility index (Phi) is 6.84. The molecular formula is C21H23NO2. The quantitative estimate of drug-likeness (QED) is 0.608. The first kappa shape index (κ1) is 17.5. The summed E-state index contributed by atoms with van der Waals surface area (Å²) >= 11 is 0. The first-order chi connectivity index (χ1) is 11.6. The summed E-state index contributed by atoms with van der Waals surface area (Å²) in [6.07, 6.45) is 7.05. The molecule has 0 heterocycles. The number of benzene rings is 2. The number of rotatable bonds is 7. The van der Waals surface area contributed by atoms with Crippen molar-refractivity contribution in [1.29, 1.82) is 0 Å². The molecule has 0 aromatic heterocycles. The van der Waals surface area contributed by atoms with Crippen molar-refractivity contribution in [3.63, 3.8) is 0 Å². The largest absolute Gasteiger partial charge is 0.489 e. The van der Waals surface area contributed by atoms with Gasteiger partial charge in [0, 0.05) is 12.1 Å². The summed E-state index contributed by atoms with van der Waals surface area (Å²) in [6, 6.07) is 18.1. The number of hydrogen-bond acceptors (Lipinski definition) is 2. The maximum Gasteiger partial charge on any atom is 0.244 e. The van der Waals surface area contributed by atoms with Gasteiger partial charge in [-0.25, -0.2) is 0 Å². The fourth-order valence-electron chi connectivity index (χ4n) is 2.06. The van der Waals surface area contributed by atoms with Crippen LogP contribution in [0.3, 0.4) is 0 Å². The molecule has 0 aliphatic rings. The van der Waals surface area contributed by atoms with Crippen molar-refractivity contribution in [2.45, 2.75) is 26.5 Å². The van der Waals surface area contributed by atoms with E-state index in [0.717, 1.165) is 16.9 Å². The van der Waals surface area contributed by atoms with Crippen LogP contribution >= 0.6 is 0 Å². The predicted octanol–water partition coefficient (Wildman–Crippen LogP) is 4.36. The van der Waals surface area contributed by atoms with E-state index in [1.807, 2.05) is 80.6 Å². The van der Waals surface area contributed by atoms with E-state index in [1.54, 1.807) is 6.08 Å².